The van der Waals surface area contributed by atoms with Crippen molar-refractivity contribution in [1.29, 1.82) is 0 Å². The molecule has 2 heterocycles. The minimum Gasteiger partial charge on any atom is -0.456 e. The number of anilines is 2. The summed E-state index contributed by atoms with van der Waals surface area (Å²) in [6.45, 7) is 8.78. The first kappa shape index (κ1) is 28.3. The van der Waals surface area contributed by atoms with Crippen LogP contribution in [0.5, 0.6) is 11.5 Å². The van der Waals surface area contributed by atoms with Crippen LogP contribution in [-0.4, -0.2) is 41.3 Å². The van der Waals surface area contributed by atoms with Gasteiger partial charge in [-0.3, -0.25) is 19.5 Å². The van der Waals surface area contributed by atoms with Crippen LogP contribution >= 0.6 is 11.3 Å². The molecule has 0 spiro atoms. The average Bonchev–Trinajstić information content (AvgIpc) is 3.68. The van der Waals surface area contributed by atoms with Gasteiger partial charge in [0.2, 0.25) is 11.8 Å². The van der Waals surface area contributed by atoms with Crippen molar-refractivity contribution < 1.29 is 18.7 Å². The van der Waals surface area contributed by atoms with Crippen LogP contribution in [0.15, 0.2) is 60.8 Å². The Labute approximate surface area is 242 Å². The van der Waals surface area contributed by atoms with E-state index in [1.807, 2.05) is 25.1 Å². The third-order valence-corrected chi connectivity index (χ3v) is 8.23. The van der Waals surface area contributed by atoms with Gasteiger partial charge < -0.3 is 15.4 Å². The van der Waals surface area contributed by atoms with Gasteiger partial charge in [-0.15, -0.1) is 11.3 Å². The molecule has 0 saturated heterocycles. The van der Waals surface area contributed by atoms with Crippen molar-refractivity contribution in [1.82, 2.24) is 9.88 Å². The second-order valence-corrected chi connectivity index (χ2v) is 11.0. The highest BCUT2D eigenvalue weighted by molar-refractivity contribution is 7.19. The largest absolute Gasteiger partial charge is 0.456 e. The lowest BCUT2D eigenvalue weighted by Gasteiger charge is -2.17. The Morgan fingerprint density at radius 2 is 1.78 bits per heavy atom. The first-order chi connectivity index (χ1) is 19.8. The number of aryl methyl sites for hydroxylation is 1. The Kier molecular flexibility index (Phi) is 8.34. The van der Waals surface area contributed by atoms with Crippen LogP contribution in [0.2, 0.25) is 0 Å². The van der Waals surface area contributed by atoms with E-state index in [4.69, 9.17) is 4.74 Å². The Bertz CT molecular complexity index is 1650. The van der Waals surface area contributed by atoms with Crippen LogP contribution in [0.25, 0.3) is 10.2 Å². The lowest BCUT2D eigenvalue weighted by atomic mass is 10.0. The molecule has 4 aromatic rings. The number of hydrogen-bond donors (Lipinski definition) is 2. The molecule has 0 bridgehead atoms. The van der Waals surface area contributed by atoms with Crippen molar-refractivity contribution in [2.75, 3.05) is 30.3 Å². The first-order valence-electron chi connectivity index (χ1n) is 13.6. The monoisotopic (exact) mass is 570 g/mol. The highest BCUT2D eigenvalue weighted by atomic mass is 32.1. The molecule has 0 atom stereocenters. The normalized spacial score (nSPS) is 13.4. The van der Waals surface area contributed by atoms with E-state index in [0.29, 0.717) is 35.7 Å². The molecule has 5 rings (SSSR count). The van der Waals surface area contributed by atoms with Gasteiger partial charge in [0.1, 0.15) is 22.7 Å². The van der Waals surface area contributed by atoms with Gasteiger partial charge >= 0.3 is 0 Å². The zero-order chi connectivity index (χ0) is 29.0. The number of rotatable bonds is 9. The van der Waals surface area contributed by atoms with Gasteiger partial charge in [0, 0.05) is 23.6 Å². The SMILES string of the molecule is CCN(CC)CC#Cc1cc2nccc(Oc3ccc(NC(=O)C4(C(=O)Nc5ccc(F)cc5)CC4)c(C)c3)c2s1. The number of fused-ring (bicyclic) bond motifs is 1. The maximum Gasteiger partial charge on any atom is 0.240 e. The fourth-order valence-electron chi connectivity index (χ4n) is 4.42. The predicted molar refractivity (Wildman–Crippen MR) is 161 cm³/mol. The molecule has 0 unspecified atom stereocenters. The first-order valence-corrected chi connectivity index (χ1v) is 14.4. The van der Waals surface area contributed by atoms with Gasteiger partial charge in [-0.25, -0.2) is 4.39 Å². The number of nitrogens with zero attached hydrogens (tertiary/aromatic N) is 2. The molecule has 210 valence electrons. The Balaban J connectivity index is 1.26. The van der Waals surface area contributed by atoms with Crippen LogP contribution in [0.4, 0.5) is 15.8 Å². The molecule has 41 heavy (non-hydrogen) atoms. The molecule has 2 aromatic carbocycles. The van der Waals surface area contributed by atoms with Crippen LogP contribution in [-0.2, 0) is 9.59 Å². The maximum atomic E-state index is 13.2. The second-order valence-electron chi connectivity index (χ2n) is 9.97. The molecule has 1 fully saturated rings. The summed E-state index contributed by atoms with van der Waals surface area (Å²) in [5.41, 5.74) is 1.54. The van der Waals surface area contributed by atoms with Crippen molar-refractivity contribution in [3.05, 3.63) is 77.1 Å². The van der Waals surface area contributed by atoms with Crippen LogP contribution in [0.3, 0.4) is 0 Å². The minimum atomic E-state index is -1.14. The molecule has 2 N–H and O–H groups in total. The summed E-state index contributed by atoms with van der Waals surface area (Å²) >= 11 is 1.55. The Hall–Kier alpha value is -4.26. The van der Waals surface area contributed by atoms with Gasteiger partial charge in [0.15, 0.2) is 0 Å². The van der Waals surface area contributed by atoms with Gasteiger partial charge in [-0.05, 0) is 86.9 Å². The Morgan fingerprint density at radius 3 is 2.46 bits per heavy atom. The number of halogens is 1. The number of thiophene rings is 1. The van der Waals surface area contributed by atoms with Crippen molar-refractivity contribution in [2.24, 2.45) is 5.41 Å². The molecule has 1 aliphatic rings. The molecule has 2 aromatic heterocycles. The van der Waals surface area contributed by atoms with Crippen molar-refractivity contribution in [3.8, 4) is 23.3 Å². The number of hydrogen-bond acceptors (Lipinski definition) is 6. The van der Waals surface area contributed by atoms with E-state index < -0.39 is 17.1 Å². The molecule has 1 aliphatic carbocycles. The number of ether oxygens (including phenoxy) is 1. The fraction of sp³-hybridized carbons (Fsp3) is 0.281. The summed E-state index contributed by atoms with van der Waals surface area (Å²) in [5, 5.41) is 5.63. The van der Waals surface area contributed by atoms with E-state index in [2.05, 4.69) is 46.2 Å². The molecule has 9 heteroatoms. The summed E-state index contributed by atoms with van der Waals surface area (Å²) in [6.07, 6.45) is 2.62. The van der Waals surface area contributed by atoms with E-state index in [0.717, 1.165) is 40.3 Å². The molecular weight excluding hydrogens is 539 g/mol. The summed E-state index contributed by atoms with van der Waals surface area (Å²) in [6, 6.07) is 14.7. The lowest BCUT2D eigenvalue weighted by molar-refractivity contribution is -0.131. The third-order valence-electron chi connectivity index (χ3n) is 7.18. The van der Waals surface area contributed by atoms with E-state index in [9.17, 15) is 14.0 Å². The summed E-state index contributed by atoms with van der Waals surface area (Å²) in [7, 11) is 0. The summed E-state index contributed by atoms with van der Waals surface area (Å²) < 4.78 is 20.3. The maximum absolute atomic E-state index is 13.2. The number of aromatic nitrogens is 1. The van der Waals surface area contributed by atoms with Gasteiger partial charge in [-0.1, -0.05) is 25.7 Å². The number of carbonyl (C=O) groups excluding carboxylic acids is 2. The standard InChI is InChI=1S/C32H31FN4O3S/c1-4-37(5-2)18-6-7-25-20-27-29(41-25)28(14-17-34-27)40-24-12-13-26(21(3)19-24)36-31(39)32(15-16-32)30(38)35-23-10-8-22(33)9-11-23/h8-14,17,19-20H,4-5,15-16,18H2,1-3H3,(H,35,38)(H,36,39). The van der Waals surface area contributed by atoms with Gasteiger partial charge in [0.05, 0.1) is 21.6 Å². The molecule has 0 aliphatic heterocycles. The van der Waals surface area contributed by atoms with E-state index in [-0.39, 0.29) is 5.91 Å². The van der Waals surface area contributed by atoms with Crippen LogP contribution in [0, 0.1) is 30.0 Å². The average molecular weight is 571 g/mol. The molecule has 1 saturated carbocycles. The number of nitrogens with one attached hydrogen (secondary N) is 2. The highest BCUT2D eigenvalue weighted by Gasteiger charge is 2.56. The fourth-order valence-corrected chi connectivity index (χ4v) is 5.36. The topological polar surface area (TPSA) is 83.6 Å². The summed E-state index contributed by atoms with van der Waals surface area (Å²) in [4.78, 5) is 33.7. The smallest absolute Gasteiger partial charge is 0.240 e. The van der Waals surface area contributed by atoms with Crippen molar-refractivity contribution in [3.63, 3.8) is 0 Å². The number of pyridine rings is 1. The van der Waals surface area contributed by atoms with Crippen LogP contribution in [0.1, 0.15) is 37.1 Å². The molecule has 0 radical (unpaired) electrons. The quantitative estimate of drug-likeness (QED) is 0.175. The number of benzene rings is 2. The Morgan fingerprint density at radius 1 is 1.05 bits per heavy atom. The zero-order valence-corrected chi connectivity index (χ0v) is 24.0. The number of amides is 2. The van der Waals surface area contributed by atoms with Gasteiger partial charge in [0.25, 0.3) is 0 Å². The van der Waals surface area contributed by atoms with Gasteiger partial charge in [-0.2, -0.15) is 0 Å². The van der Waals surface area contributed by atoms with E-state index >= 15 is 0 Å². The molecule has 2 amide bonds. The lowest BCUT2D eigenvalue weighted by Crippen LogP contribution is -2.35. The van der Waals surface area contributed by atoms with E-state index in [1.165, 1.54) is 24.3 Å². The predicted octanol–water partition coefficient (Wildman–Crippen LogP) is 6.59. The second kappa shape index (κ2) is 12.1. The number of carbonyl (C=O) groups is 2. The highest BCUT2D eigenvalue weighted by Crippen LogP contribution is 2.48. The molecule has 7 nitrogen and oxygen atoms in total. The van der Waals surface area contributed by atoms with Crippen molar-refractivity contribution in [2.45, 2.75) is 33.6 Å². The third kappa shape index (κ3) is 6.40. The van der Waals surface area contributed by atoms with Crippen LogP contribution < -0.4 is 15.4 Å². The van der Waals surface area contributed by atoms with Crippen molar-refractivity contribution >= 4 is 44.7 Å². The summed E-state index contributed by atoms with van der Waals surface area (Å²) in [5.74, 6) is 6.64. The molecular formula is C32H31FN4O3S. The zero-order valence-electron chi connectivity index (χ0n) is 23.2. The minimum absolute atomic E-state index is 0.363. The van der Waals surface area contributed by atoms with E-state index in [1.54, 1.807) is 29.7 Å².